The molecule has 0 saturated heterocycles. The third-order valence-corrected chi connectivity index (χ3v) is 2.43. The Morgan fingerprint density at radius 3 is 2.67 bits per heavy atom. The molecule has 0 aliphatic heterocycles. The minimum absolute atomic E-state index is 0.122. The molecule has 1 amide bonds. The molecule has 4 heteroatoms. The molecule has 0 aliphatic rings. The van der Waals surface area contributed by atoms with Crippen molar-refractivity contribution in [1.82, 2.24) is 0 Å². The summed E-state index contributed by atoms with van der Waals surface area (Å²) < 4.78 is 1.83. The first kappa shape index (κ1) is 12.1. The highest BCUT2D eigenvalue weighted by molar-refractivity contribution is 5.88. The monoisotopic (exact) mass is 243 g/mol. The van der Waals surface area contributed by atoms with Crippen molar-refractivity contribution >= 4 is 11.6 Å². The maximum Gasteiger partial charge on any atom is 0.221 e. The summed E-state index contributed by atoms with van der Waals surface area (Å²) in [6.45, 7) is 2.08. The summed E-state index contributed by atoms with van der Waals surface area (Å²) in [5, 5.41) is 12.3. The van der Waals surface area contributed by atoms with Gasteiger partial charge in [0.15, 0.2) is 18.5 Å². The zero-order valence-electron chi connectivity index (χ0n) is 10.1. The Morgan fingerprint density at radius 1 is 1.28 bits per heavy atom. The molecule has 0 saturated carbocycles. The normalized spacial score (nSPS) is 10.1. The second-order valence-electron chi connectivity index (χ2n) is 4.12. The average molecular weight is 243 g/mol. The van der Waals surface area contributed by atoms with Crippen LogP contribution < -0.4 is 9.88 Å². The van der Waals surface area contributed by atoms with Crippen molar-refractivity contribution in [2.45, 2.75) is 13.5 Å². The van der Waals surface area contributed by atoms with Crippen LogP contribution >= 0.6 is 0 Å². The van der Waals surface area contributed by atoms with E-state index in [0.29, 0.717) is 12.2 Å². The molecular weight excluding hydrogens is 228 g/mol. The highest BCUT2D eigenvalue weighted by Crippen LogP contribution is 2.12. The van der Waals surface area contributed by atoms with Gasteiger partial charge in [-0.15, -0.1) is 0 Å². The molecule has 1 aromatic heterocycles. The smallest absolute Gasteiger partial charge is 0.221 e. The highest BCUT2D eigenvalue weighted by atomic mass is 16.3. The average Bonchev–Trinajstić information content (AvgIpc) is 2.28. The number of aromatic nitrogens is 1. The predicted octanol–water partition coefficient (Wildman–Crippen LogP) is 1.69. The standard InChI is InChI=1S/C14H14N2O2/c1-11(17)15-13-7-14(18)10-16(9-13)8-12-5-3-2-4-6-12/h2-7,9-10H,8H2,1H3,(H-,15,17,18)/p+1. The fourth-order valence-electron chi connectivity index (χ4n) is 1.78. The third-order valence-electron chi connectivity index (χ3n) is 2.43. The summed E-state index contributed by atoms with van der Waals surface area (Å²) in [6.07, 6.45) is 3.41. The number of aromatic hydroxyl groups is 1. The van der Waals surface area contributed by atoms with Gasteiger partial charge in [0.2, 0.25) is 12.1 Å². The molecule has 0 fully saturated rings. The lowest BCUT2D eigenvalue weighted by atomic mass is 10.2. The highest BCUT2D eigenvalue weighted by Gasteiger charge is 2.08. The van der Waals surface area contributed by atoms with E-state index in [1.165, 1.54) is 13.0 Å². The SMILES string of the molecule is CC(=O)Nc1cc(O)c[n+](Cc2ccccc2)c1. The number of benzene rings is 1. The number of hydrogen-bond acceptors (Lipinski definition) is 2. The molecular formula is C14H15N2O2+. The van der Waals surface area contributed by atoms with E-state index in [9.17, 15) is 9.90 Å². The van der Waals surface area contributed by atoms with Gasteiger partial charge in [0.05, 0.1) is 0 Å². The Morgan fingerprint density at radius 2 is 2.00 bits per heavy atom. The van der Waals surface area contributed by atoms with Crippen molar-refractivity contribution in [3.05, 3.63) is 54.4 Å². The summed E-state index contributed by atoms with van der Waals surface area (Å²) in [4.78, 5) is 11.0. The first-order valence-corrected chi connectivity index (χ1v) is 5.68. The Balaban J connectivity index is 2.23. The Kier molecular flexibility index (Phi) is 3.57. The molecule has 92 valence electrons. The molecule has 0 atom stereocenters. The first-order valence-electron chi connectivity index (χ1n) is 5.68. The molecule has 0 bridgehead atoms. The molecule has 0 radical (unpaired) electrons. The van der Waals surface area contributed by atoms with Crippen molar-refractivity contribution in [2.24, 2.45) is 0 Å². The van der Waals surface area contributed by atoms with Crippen LogP contribution in [0.5, 0.6) is 5.75 Å². The number of nitrogens with zero attached hydrogens (tertiary/aromatic N) is 1. The molecule has 0 aliphatic carbocycles. The van der Waals surface area contributed by atoms with Crippen LogP contribution in [0.4, 0.5) is 5.69 Å². The van der Waals surface area contributed by atoms with E-state index >= 15 is 0 Å². The number of carbonyl (C=O) groups excluding carboxylic acids is 1. The lowest BCUT2D eigenvalue weighted by molar-refractivity contribution is -0.688. The summed E-state index contributed by atoms with van der Waals surface area (Å²) in [6, 6.07) is 11.4. The number of anilines is 1. The van der Waals surface area contributed by atoms with E-state index < -0.39 is 0 Å². The van der Waals surface area contributed by atoms with Gasteiger partial charge < -0.3 is 10.4 Å². The second-order valence-corrected chi connectivity index (χ2v) is 4.12. The van der Waals surface area contributed by atoms with Crippen LogP contribution in [0.15, 0.2) is 48.8 Å². The van der Waals surface area contributed by atoms with Crippen LogP contribution in [0.1, 0.15) is 12.5 Å². The summed E-state index contributed by atoms with van der Waals surface area (Å²) in [5.74, 6) is -0.0379. The quantitative estimate of drug-likeness (QED) is 0.806. The third kappa shape index (κ3) is 3.31. The zero-order chi connectivity index (χ0) is 13.0. The molecule has 2 N–H and O–H groups in total. The van der Waals surface area contributed by atoms with Gasteiger partial charge in [-0.2, -0.15) is 4.57 Å². The number of pyridine rings is 1. The summed E-state index contributed by atoms with van der Waals surface area (Å²) in [5.41, 5.74) is 1.71. The molecule has 2 aromatic rings. The van der Waals surface area contributed by atoms with Gasteiger partial charge in [-0.25, -0.2) is 0 Å². The maximum atomic E-state index is 11.0. The fraction of sp³-hybridized carbons (Fsp3) is 0.143. The minimum atomic E-state index is -0.160. The maximum absolute atomic E-state index is 11.0. The molecule has 18 heavy (non-hydrogen) atoms. The number of amides is 1. The fourth-order valence-corrected chi connectivity index (χ4v) is 1.78. The van der Waals surface area contributed by atoms with Crippen LogP contribution in [-0.2, 0) is 11.3 Å². The summed E-state index contributed by atoms with van der Waals surface area (Å²) in [7, 11) is 0. The van der Waals surface area contributed by atoms with E-state index in [-0.39, 0.29) is 11.7 Å². The van der Waals surface area contributed by atoms with Gasteiger partial charge in [-0.3, -0.25) is 4.79 Å². The Labute approximate surface area is 106 Å². The predicted molar refractivity (Wildman–Crippen MR) is 68.1 cm³/mol. The van der Waals surface area contributed by atoms with Crippen molar-refractivity contribution in [3.63, 3.8) is 0 Å². The number of carbonyl (C=O) groups is 1. The minimum Gasteiger partial charge on any atom is -0.503 e. The van der Waals surface area contributed by atoms with Gasteiger partial charge >= 0.3 is 0 Å². The van der Waals surface area contributed by atoms with E-state index in [4.69, 9.17) is 0 Å². The van der Waals surface area contributed by atoms with Crippen LogP contribution in [-0.4, -0.2) is 11.0 Å². The van der Waals surface area contributed by atoms with Crippen LogP contribution in [0, 0.1) is 0 Å². The molecule has 2 rings (SSSR count). The molecule has 1 heterocycles. The molecule has 4 nitrogen and oxygen atoms in total. The van der Waals surface area contributed by atoms with Crippen molar-refractivity contribution in [3.8, 4) is 5.75 Å². The van der Waals surface area contributed by atoms with Gasteiger partial charge in [0, 0.05) is 18.6 Å². The van der Waals surface area contributed by atoms with Crippen LogP contribution in [0.3, 0.4) is 0 Å². The topological polar surface area (TPSA) is 53.2 Å². The van der Waals surface area contributed by atoms with Gasteiger partial charge in [0.25, 0.3) is 0 Å². The van der Waals surface area contributed by atoms with Crippen LogP contribution in [0.2, 0.25) is 0 Å². The van der Waals surface area contributed by atoms with Gasteiger partial charge in [0.1, 0.15) is 5.69 Å². The summed E-state index contributed by atoms with van der Waals surface area (Å²) >= 11 is 0. The lowest BCUT2D eigenvalue weighted by Gasteiger charge is -2.03. The molecule has 0 unspecified atom stereocenters. The van der Waals surface area contributed by atoms with Gasteiger partial charge in [-0.05, 0) is 0 Å². The van der Waals surface area contributed by atoms with Gasteiger partial charge in [-0.1, -0.05) is 30.3 Å². The van der Waals surface area contributed by atoms with Crippen molar-refractivity contribution in [2.75, 3.05) is 5.32 Å². The Bertz CT molecular complexity index is 553. The molecule has 1 aromatic carbocycles. The Hall–Kier alpha value is -2.36. The number of nitrogens with one attached hydrogen (secondary N) is 1. The zero-order valence-corrected chi connectivity index (χ0v) is 10.1. The largest absolute Gasteiger partial charge is 0.503 e. The number of rotatable bonds is 3. The van der Waals surface area contributed by atoms with Crippen LogP contribution in [0.25, 0.3) is 0 Å². The van der Waals surface area contributed by atoms with E-state index in [1.54, 1.807) is 12.4 Å². The van der Waals surface area contributed by atoms with Crippen molar-refractivity contribution in [1.29, 1.82) is 0 Å². The second kappa shape index (κ2) is 5.31. The van der Waals surface area contributed by atoms with E-state index in [1.807, 2.05) is 34.9 Å². The number of hydrogen-bond donors (Lipinski definition) is 2. The molecule has 0 spiro atoms. The first-order chi connectivity index (χ1) is 8.63. The lowest BCUT2D eigenvalue weighted by Crippen LogP contribution is -2.33. The van der Waals surface area contributed by atoms with Crippen molar-refractivity contribution < 1.29 is 14.5 Å². The van der Waals surface area contributed by atoms with E-state index in [0.717, 1.165) is 5.56 Å². The van der Waals surface area contributed by atoms with E-state index in [2.05, 4.69) is 5.32 Å².